The lowest BCUT2D eigenvalue weighted by molar-refractivity contribution is -0.136. The second-order valence-electron chi connectivity index (χ2n) is 4.80. The van der Waals surface area contributed by atoms with Crippen molar-refractivity contribution < 1.29 is 18.3 Å². The minimum absolute atomic E-state index is 0.0200. The van der Waals surface area contributed by atoms with Crippen LogP contribution in [0.1, 0.15) is 6.42 Å². The van der Waals surface area contributed by atoms with Gasteiger partial charge in [-0.25, -0.2) is 8.42 Å². The normalized spacial score (nSPS) is 11.3. The lowest BCUT2D eigenvalue weighted by Crippen LogP contribution is -2.33. The quantitative estimate of drug-likeness (QED) is 0.772. The van der Waals surface area contributed by atoms with E-state index < -0.39 is 16.0 Å². The van der Waals surface area contributed by atoms with Crippen LogP contribution in [-0.4, -0.2) is 26.0 Å². The molecular formula is C15H12Cl3NO4S. The Bertz CT molecular complexity index is 833. The van der Waals surface area contributed by atoms with E-state index in [4.69, 9.17) is 39.9 Å². The molecule has 9 heteroatoms. The molecule has 0 radical (unpaired) electrons. The zero-order valence-electron chi connectivity index (χ0n) is 12.1. The van der Waals surface area contributed by atoms with E-state index in [0.717, 1.165) is 4.31 Å². The topological polar surface area (TPSA) is 74.7 Å². The number of rotatable bonds is 6. The number of halogens is 3. The number of hydrogen-bond donors (Lipinski definition) is 1. The molecule has 0 saturated heterocycles. The van der Waals surface area contributed by atoms with Gasteiger partial charge in [-0.15, -0.1) is 0 Å². The molecule has 2 aromatic rings. The molecule has 128 valence electrons. The van der Waals surface area contributed by atoms with Crippen LogP contribution in [0.2, 0.25) is 15.1 Å². The average molecular weight is 409 g/mol. The Kier molecular flexibility index (Phi) is 5.98. The fourth-order valence-electron chi connectivity index (χ4n) is 2.00. The lowest BCUT2D eigenvalue weighted by atomic mass is 10.3. The van der Waals surface area contributed by atoms with E-state index in [-0.39, 0.29) is 33.6 Å². The van der Waals surface area contributed by atoms with Crippen LogP contribution < -0.4 is 4.31 Å². The summed E-state index contributed by atoms with van der Waals surface area (Å²) in [4.78, 5) is 10.9. The predicted molar refractivity (Wildman–Crippen MR) is 94.7 cm³/mol. The van der Waals surface area contributed by atoms with Crippen molar-refractivity contribution in [3.63, 3.8) is 0 Å². The van der Waals surface area contributed by atoms with Gasteiger partial charge in [0.05, 0.1) is 17.0 Å². The summed E-state index contributed by atoms with van der Waals surface area (Å²) < 4.78 is 26.7. The Hall–Kier alpha value is -1.47. The monoisotopic (exact) mass is 407 g/mol. The van der Waals surface area contributed by atoms with E-state index in [1.165, 1.54) is 42.5 Å². The van der Waals surface area contributed by atoms with Crippen LogP contribution in [-0.2, 0) is 14.8 Å². The van der Waals surface area contributed by atoms with E-state index in [2.05, 4.69) is 0 Å². The minimum Gasteiger partial charge on any atom is -0.481 e. The van der Waals surface area contributed by atoms with Gasteiger partial charge in [0.2, 0.25) is 0 Å². The Morgan fingerprint density at radius 1 is 0.958 bits per heavy atom. The van der Waals surface area contributed by atoms with Crippen LogP contribution in [0.15, 0.2) is 47.4 Å². The summed E-state index contributed by atoms with van der Waals surface area (Å²) in [6, 6.07) is 9.83. The second kappa shape index (κ2) is 7.61. The Balaban J connectivity index is 2.52. The summed E-state index contributed by atoms with van der Waals surface area (Å²) in [5.74, 6) is -1.13. The standard InChI is InChI=1S/C15H12Cl3NO4S/c16-10-1-3-14(4-2-10)24(22,23)19(6-5-15(20)21)13-8-11(17)7-12(18)9-13/h1-4,7-9H,5-6H2,(H,20,21). The number of carboxylic acids is 1. The Labute approximate surface area is 154 Å². The first kappa shape index (κ1) is 18.9. The van der Waals surface area contributed by atoms with Crippen molar-refractivity contribution in [2.45, 2.75) is 11.3 Å². The maximum Gasteiger partial charge on any atom is 0.305 e. The molecule has 0 aromatic heterocycles. The van der Waals surface area contributed by atoms with E-state index in [1.54, 1.807) is 0 Å². The van der Waals surface area contributed by atoms with Gasteiger partial charge in [0.15, 0.2) is 0 Å². The number of anilines is 1. The molecule has 2 rings (SSSR count). The van der Waals surface area contributed by atoms with E-state index >= 15 is 0 Å². The predicted octanol–water partition coefficient (Wildman–Crippen LogP) is 4.32. The summed E-state index contributed by atoms with van der Waals surface area (Å²) in [6.07, 6.45) is -0.378. The molecule has 2 aromatic carbocycles. The molecule has 0 heterocycles. The number of benzene rings is 2. The summed E-state index contributed by atoms with van der Waals surface area (Å²) in [5, 5.41) is 9.77. The number of nitrogens with zero attached hydrogens (tertiary/aromatic N) is 1. The van der Waals surface area contributed by atoms with Gasteiger partial charge in [0.25, 0.3) is 10.0 Å². The van der Waals surface area contributed by atoms with Gasteiger partial charge in [-0.05, 0) is 42.5 Å². The van der Waals surface area contributed by atoms with E-state index in [9.17, 15) is 13.2 Å². The van der Waals surface area contributed by atoms with Crippen LogP contribution in [0.3, 0.4) is 0 Å². The third-order valence-electron chi connectivity index (χ3n) is 3.07. The molecule has 0 atom stereocenters. The first-order valence-electron chi connectivity index (χ1n) is 6.66. The average Bonchev–Trinajstić information content (AvgIpc) is 2.46. The van der Waals surface area contributed by atoms with Gasteiger partial charge in [-0.2, -0.15) is 0 Å². The fraction of sp³-hybridized carbons (Fsp3) is 0.133. The largest absolute Gasteiger partial charge is 0.481 e. The van der Waals surface area contributed by atoms with Gasteiger partial charge in [0, 0.05) is 21.6 Å². The molecule has 24 heavy (non-hydrogen) atoms. The molecule has 0 fully saturated rings. The van der Waals surface area contributed by atoms with Crippen LogP contribution >= 0.6 is 34.8 Å². The number of aliphatic carboxylic acids is 1. The number of carboxylic acid groups (broad SMARTS) is 1. The summed E-state index contributed by atoms with van der Waals surface area (Å²) in [7, 11) is -4.01. The van der Waals surface area contributed by atoms with Crippen molar-refractivity contribution in [1.29, 1.82) is 0 Å². The molecule has 0 saturated carbocycles. The highest BCUT2D eigenvalue weighted by atomic mass is 35.5. The van der Waals surface area contributed by atoms with Gasteiger partial charge >= 0.3 is 5.97 Å². The second-order valence-corrected chi connectivity index (χ2v) is 7.97. The smallest absolute Gasteiger partial charge is 0.305 e. The zero-order valence-corrected chi connectivity index (χ0v) is 15.2. The molecule has 0 amide bonds. The molecule has 1 N–H and O–H groups in total. The highest BCUT2D eigenvalue weighted by molar-refractivity contribution is 7.92. The van der Waals surface area contributed by atoms with E-state index in [1.807, 2.05) is 0 Å². The zero-order chi connectivity index (χ0) is 17.9. The number of hydrogen-bond acceptors (Lipinski definition) is 3. The van der Waals surface area contributed by atoms with Crippen LogP contribution in [0.5, 0.6) is 0 Å². The molecule has 0 bridgehead atoms. The van der Waals surface area contributed by atoms with Gasteiger partial charge in [0.1, 0.15) is 0 Å². The number of carbonyl (C=O) groups is 1. The SMILES string of the molecule is O=C(O)CCN(c1cc(Cl)cc(Cl)c1)S(=O)(=O)c1ccc(Cl)cc1. The van der Waals surface area contributed by atoms with Crippen molar-refractivity contribution in [1.82, 2.24) is 0 Å². The maximum atomic E-state index is 12.9. The molecule has 0 unspecified atom stereocenters. The molecule has 5 nitrogen and oxygen atoms in total. The van der Waals surface area contributed by atoms with E-state index in [0.29, 0.717) is 5.02 Å². The highest BCUT2D eigenvalue weighted by Crippen LogP contribution is 2.30. The molecule has 0 aliphatic rings. The molecule has 0 aliphatic carbocycles. The molecule has 0 aliphatic heterocycles. The fourth-order valence-corrected chi connectivity index (χ4v) is 4.09. The third-order valence-corrected chi connectivity index (χ3v) is 5.60. The van der Waals surface area contributed by atoms with Gasteiger partial charge in [-0.1, -0.05) is 34.8 Å². The summed E-state index contributed by atoms with van der Waals surface area (Å²) in [5.41, 5.74) is 0.184. The maximum absolute atomic E-state index is 12.9. The Morgan fingerprint density at radius 2 is 1.50 bits per heavy atom. The van der Waals surface area contributed by atoms with Crippen LogP contribution in [0, 0.1) is 0 Å². The number of sulfonamides is 1. The third kappa shape index (κ3) is 4.54. The van der Waals surface area contributed by atoms with Crippen molar-refractivity contribution in [3.8, 4) is 0 Å². The summed E-state index contributed by atoms with van der Waals surface area (Å²) in [6.45, 7) is -0.267. The van der Waals surface area contributed by atoms with Crippen molar-refractivity contribution in [2.75, 3.05) is 10.8 Å². The summed E-state index contributed by atoms with van der Waals surface area (Å²) >= 11 is 17.6. The van der Waals surface area contributed by atoms with Crippen molar-refractivity contribution in [3.05, 3.63) is 57.5 Å². The first-order valence-corrected chi connectivity index (χ1v) is 9.24. The molecular weight excluding hydrogens is 397 g/mol. The Morgan fingerprint density at radius 3 is 2.00 bits per heavy atom. The lowest BCUT2D eigenvalue weighted by Gasteiger charge is -2.24. The molecule has 0 spiro atoms. The van der Waals surface area contributed by atoms with Crippen molar-refractivity contribution >= 4 is 56.5 Å². The highest BCUT2D eigenvalue weighted by Gasteiger charge is 2.26. The minimum atomic E-state index is -4.01. The van der Waals surface area contributed by atoms with Gasteiger partial charge < -0.3 is 5.11 Å². The first-order chi connectivity index (χ1) is 11.2. The van der Waals surface area contributed by atoms with Gasteiger partial charge in [-0.3, -0.25) is 9.10 Å². The van der Waals surface area contributed by atoms with Crippen LogP contribution in [0.4, 0.5) is 5.69 Å². The van der Waals surface area contributed by atoms with Crippen LogP contribution in [0.25, 0.3) is 0 Å². The van der Waals surface area contributed by atoms with Crippen molar-refractivity contribution in [2.24, 2.45) is 0 Å².